The summed E-state index contributed by atoms with van der Waals surface area (Å²) < 4.78 is 15.5. The Balaban J connectivity index is 2.13. The van der Waals surface area contributed by atoms with E-state index in [1.165, 1.54) is 0 Å². The standard InChI is InChI=1S/C18H23NO4S/c1-4-23-17(20)15(19)11-14-8-9-16(24-14)12-6-5-7-13(10-12)18(21-2)22-3/h5-10,15,18H,4,11,19H2,1-3H3. The number of nitrogens with two attached hydrogens (primary N) is 1. The second kappa shape index (κ2) is 8.94. The maximum Gasteiger partial charge on any atom is 0.323 e. The lowest BCUT2D eigenvalue weighted by molar-refractivity contribution is -0.144. The predicted molar refractivity (Wildman–Crippen MR) is 94.8 cm³/mol. The van der Waals surface area contributed by atoms with Crippen molar-refractivity contribution >= 4 is 17.3 Å². The molecule has 24 heavy (non-hydrogen) atoms. The summed E-state index contributed by atoms with van der Waals surface area (Å²) in [6.07, 6.45) is 0.0868. The summed E-state index contributed by atoms with van der Waals surface area (Å²) in [6, 6.07) is 11.4. The Morgan fingerprint density at radius 1 is 1.21 bits per heavy atom. The minimum Gasteiger partial charge on any atom is -0.465 e. The maximum atomic E-state index is 11.6. The number of esters is 1. The van der Waals surface area contributed by atoms with E-state index in [0.29, 0.717) is 13.0 Å². The number of carbonyl (C=O) groups excluding carboxylic acids is 1. The van der Waals surface area contributed by atoms with Gasteiger partial charge in [-0.1, -0.05) is 18.2 Å². The Morgan fingerprint density at radius 3 is 2.62 bits per heavy atom. The van der Waals surface area contributed by atoms with Gasteiger partial charge in [0.2, 0.25) is 0 Å². The highest BCUT2D eigenvalue weighted by Crippen LogP contribution is 2.31. The highest BCUT2D eigenvalue weighted by Gasteiger charge is 2.17. The van der Waals surface area contributed by atoms with Gasteiger partial charge in [-0.25, -0.2) is 0 Å². The molecule has 5 nitrogen and oxygen atoms in total. The van der Waals surface area contributed by atoms with Crippen molar-refractivity contribution in [1.29, 1.82) is 0 Å². The van der Waals surface area contributed by atoms with E-state index in [1.807, 2.05) is 36.4 Å². The molecule has 0 amide bonds. The minimum absolute atomic E-state index is 0.342. The molecular formula is C18H23NO4S. The SMILES string of the molecule is CCOC(=O)C(N)Cc1ccc(-c2cccc(C(OC)OC)c2)s1. The van der Waals surface area contributed by atoms with E-state index >= 15 is 0 Å². The topological polar surface area (TPSA) is 70.8 Å². The molecule has 2 N–H and O–H groups in total. The summed E-state index contributed by atoms with van der Waals surface area (Å²) in [4.78, 5) is 13.8. The number of hydrogen-bond acceptors (Lipinski definition) is 6. The van der Waals surface area contributed by atoms with Gasteiger partial charge in [0.1, 0.15) is 6.04 Å². The van der Waals surface area contributed by atoms with Crippen molar-refractivity contribution in [3.63, 3.8) is 0 Å². The maximum absolute atomic E-state index is 11.6. The largest absolute Gasteiger partial charge is 0.465 e. The molecule has 0 aliphatic rings. The highest BCUT2D eigenvalue weighted by molar-refractivity contribution is 7.15. The van der Waals surface area contributed by atoms with Gasteiger partial charge in [0.05, 0.1) is 6.61 Å². The van der Waals surface area contributed by atoms with E-state index in [9.17, 15) is 4.79 Å². The van der Waals surface area contributed by atoms with Gasteiger partial charge in [-0.05, 0) is 30.7 Å². The van der Waals surface area contributed by atoms with Gasteiger partial charge < -0.3 is 19.9 Å². The van der Waals surface area contributed by atoms with Gasteiger partial charge in [0, 0.05) is 36.0 Å². The molecule has 0 fully saturated rings. The first kappa shape index (κ1) is 18.6. The Labute approximate surface area is 146 Å². The number of thiophene rings is 1. The Morgan fingerprint density at radius 2 is 1.96 bits per heavy atom. The van der Waals surface area contributed by atoms with Crippen LogP contribution < -0.4 is 5.73 Å². The van der Waals surface area contributed by atoms with E-state index in [0.717, 1.165) is 20.9 Å². The molecule has 1 heterocycles. The summed E-state index contributed by atoms with van der Waals surface area (Å²) in [5, 5.41) is 0. The number of rotatable bonds is 8. The van der Waals surface area contributed by atoms with Crippen LogP contribution in [0.3, 0.4) is 0 Å². The van der Waals surface area contributed by atoms with E-state index in [-0.39, 0.29) is 12.3 Å². The van der Waals surface area contributed by atoms with Gasteiger partial charge in [0.15, 0.2) is 6.29 Å². The molecule has 0 saturated heterocycles. The first-order chi connectivity index (χ1) is 11.6. The monoisotopic (exact) mass is 349 g/mol. The Bertz CT molecular complexity index is 667. The van der Waals surface area contributed by atoms with Crippen LogP contribution in [0.4, 0.5) is 0 Å². The first-order valence-corrected chi connectivity index (χ1v) is 8.57. The summed E-state index contributed by atoms with van der Waals surface area (Å²) in [7, 11) is 3.22. The summed E-state index contributed by atoms with van der Waals surface area (Å²) >= 11 is 1.62. The van der Waals surface area contributed by atoms with Crippen LogP contribution in [0.5, 0.6) is 0 Å². The van der Waals surface area contributed by atoms with E-state index < -0.39 is 6.04 Å². The van der Waals surface area contributed by atoms with Crippen LogP contribution in [-0.4, -0.2) is 32.8 Å². The van der Waals surface area contributed by atoms with Crippen LogP contribution >= 0.6 is 11.3 Å². The number of methoxy groups -OCH3 is 2. The van der Waals surface area contributed by atoms with Crippen molar-refractivity contribution in [3.05, 3.63) is 46.8 Å². The van der Waals surface area contributed by atoms with Gasteiger partial charge in [-0.2, -0.15) is 0 Å². The zero-order valence-electron chi connectivity index (χ0n) is 14.2. The van der Waals surface area contributed by atoms with Crippen LogP contribution in [-0.2, 0) is 25.4 Å². The third-order valence-corrected chi connectivity index (χ3v) is 4.70. The first-order valence-electron chi connectivity index (χ1n) is 7.75. The van der Waals surface area contributed by atoms with Crippen molar-refractivity contribution in [1.82, 2.24) is 0 Å². The average Bonchev–Trinajstić information content (AvgIpc) is 3.05. The molecule has 1 aromatic carbocycles. The van der Waals surface area contributed by atoms with E-state index in [1.54, 1.807) is 32.5 Å². The molecule has 0 spiro atoms. The minimum atomic E-state index is -0.630. The second-order valence-corrected chi connectivity index (χ2v) is 6.43. The molecule has 0 bridgehead atoms. The third-order valence-electron chi connectivity index (χ3n) is 3.54. The van der Waals surface area contributed by atoms with Crippen molar-refractivity contribution in [2.45, 2.75) is 25.7 Å². The quantitative estimate of drug-likeness (QED) is 0.586. The molecule has 130 valence electrons. The van der Waals surface area contributed by atoms with Gasteiger partial charge in [0.25, 0.3) is 0 Å². The number of hydrogen-bond donors (Lipinski definition) is 1. The molecule has 2 rings (SSSR count). The fraction of sp³-hybridized carbons (Fsp3) is 0.389. The lowest BCUT2D eigenvalue weighted by Gasteiger charge is -2.14. The van der Waals surface area contributed by atoms with E-state index in [4.69, 9.17) is 19.9 Å². The van der Waals surface area contributed by atoms with Crippen LogP contribution in [0.2, 0.25) is 0 Å². The van der Waals surface area contributed by atoms with Crippen LogP contribution in [0.15, 0.2) is 36.4 Å². The van der Waals surface area contributed by atoms with Crippen molar-refractivity contribution in [2.75, 3.05) is 20.8 Å². The molecule has 2 aromatic rings. The fourth-order valence-corrected chi connectivity index (χ4v) is 3.46. The van der Waals surface area contributed by atoms with Crippen molar-refractivity contribution < 1.29 is 19.0 Å². The third kappa shape index (κ3) is 4.64. The number of benzene rings is 1. The zero-order chi connectivity index (χ0) is 17.5. The molecule has 1 atom stereocenters. The molecule has 6 heteroatoms. The molecule has 0 aliphatic carbocycles. The second-order valence-electron chi connectivity index (χ2n) is 5.26. The number of carbonyl (C=O) groups is 1. The van der Waals surface area contributed by atoms with Crippen LogP contribution in [0, 0.1) is 0 Å². The molecule has 0 radical (unpaired) electrons. The lowest BCUT2D eigenvalue weighted by atomic mass is 10.1. The van der Waals surface area contributed by atoms with Crippen LogP contribution in [0.1, 0.15) is 23.7 Å². The molecule has 0 aliphatic heterocycles. The molecule has 0 saturated carbocycles. The van der Waals surface area contributed by atoms with Gasteiger partial charge in [-0.15, -0.1) is 11.3 Å². The van der Waals surface area contributed by atoms with Gasteiger partial charge in [-0.3, -0.25) is 4.79 Å². The normalized spacial score (nSPS) is 12.4. The van der Waals surface area contributed by atoms with E-state index in [2.05, 4.69) is 0 Å². The predicted octanol–water partition coefficient (Wildman–Crippen LogP) is 3.14. The summed E-state index contributed by atoms with van der Waals surface area (Å²) in [5.41, 5.74) is 7.91. The van der Waals surface area contributed by atoms with Crippen molar-refractivity contribution in [2.24, 2.45) is 5.73 Å². The molecule has 1 unspecified atom stereocenters. The Kier molecular flexibility index (Phi) is 6.93. The zero-order valence-corrected chi connectivity index (χ0v) is 15.0. The Hall–Kier alpha value is -1.73. The smallest absolute Gasteiger partial charge is 0.323 e. The van der Waals surface area contributed by atoms with Crippen LogP contribution in [0.25, 0.3) is 10.4 Å². The summed E-state index contributed by atoms with van der Waals surface area (Å²) in [6.45, 7) is 2.11. The summed E-state index contributed by atoms with van der Waals surface area (Å²) in [5.74, 6) is -0.363. The lowest BCUT2D eigenvalue weighted by Crippen LogP contribution is -2.34. The fourth-order valence-electron chi connectivity index (χ4n) is 2.40. The molecular weight excluding hydrogens is 326 g/mol. The van der Waals surface area contributed by atoms with Gasteiger partial charge >= 0.3 is 5.97 Å². The van der Waals surface area contributed by atoms with Crippen molar-refractivity contribution in [3.8, 4) is 10.4 Å². The number of ether oxygens (including phenoxy) is 3. The average molecular weight is 349 g/mol. The highest BCUT2D eigenvalue weighted by atomic mass is 32.1. The molecule has 1 aromatic heterocycles.